The molecule has 0 atom stereocenters. The Bertz CT molecular complexity index is 531. The Labute approximate surface area is 118 Å². The predicted molar refractivity (Wildman–Crippen MR) is 76.3 cm³/mol. The van der Waals surface area contributed by atoms with Gasteiger partial charge >= 0.3 is 5.97 Å². The maximum absolute atomic E-state index is 10.6. The molecule has 0 aliphatic rings. The average Bonchev–Trinajstić information content (AvgIpc) is 2.92. The summed E-state index contributed by atoms with van der Waals surface area (Å²) in [6.07, 6.45) is 1.76. The second-order valence-corrected chi connectivity index (χ2v) is 4.77. The fourth-order valence-corrected chi connectivity index (χ4v) is 2.10. The molecule has 0 fully saturated rings. The molecule has 0 aliphatic carbocycles. The summed E-state index contributed by atoms with van der Waals surface area (Å²) in [5.74, 6) is 0.153. The Morgan fingerprint density at radius 1 is 1.15 bits per heavy atom. The lowest BCUT2D eigenvalue weighted by molar-refractivity contribution is -0.136. The number of hydrogen-bond acceptors (Lipinski definition) is 3. The van der Waals surface area contributed by atoms with Gasteiger partial charge < -0.3 is 9.52 Å². The number of carbonyl (C=O) groups is 1. The van der Waals surface area contributed by atoms with E-state index in [4.69, 9.17) is 9.52 Å². The number of benzene rings is 1. The van der Waals surface area contributed by atoms with Crippen LogP contribution in [0.3, 0.4) is 0 Å². The minimum atomic E-state index is -0.800. The molecule has 1 heterocycles. The fourth-order valence-electron chi connectivity index (χ4n) is 2.10. The smallest absolute Gasteiger partial charge is 0.307 e. The summed E-state index contributed by atoms with van der Waals surface area (Å²) in [4.78, 5) is 12.9. The van der Waals surface area contributed by atoms with Crippen LogP contribution < -0.4 is 0 Å². The van der Waals surface area contributed by atoms with E-state index in [2.05, 4.69) is 11.8 Å². The van der Waals surface area contributed by atoms with Crippen molar-refractivity contribution in [1.29, 1.82) is 0 Å². The van der Waals surface area contributed by atoms with Gasteiger partial charge in [0.2, 0.25) is 0 Å². The highest BCUT2D eigenvalue weighted by molar-refractivity contribution is 5.70. The van der Waals surface area contributed by atoms with E-state index in [1.54, 1.807) is 6.26 Å². The lowest BCUT2D eigenvalue weighted by Gasteiger charge is -2.19. The maximum atomic E-state index is 10.6. The van der Waals surface area contributed by atoms with Gasteiger partial charge in [0.05, 0.1) is 19.2 Å². The highest BCUT2D eigenvalue weighted by atomic mass is 16.4. The number of aliphatic carboxylic acids is 1. The minimum absolute atomic E-state index is 0.0736. The molecule has 4 heteroatoms. The number of nitrogens with zero attached hydrogens (tertiary/aromatic N) is 1. The molecule has 0 amide bonds. The van der Waals surface area contributed by atoms with Crippen molar-refractivity contribution in [2.24, 2.45) is 0 Å². The molecular formula is C16H19NO3. The lowest BCUT2D eigenvalue weighted by atomic mass is 10.1. The molecule has 0 unspecified atom stereocenters. The molecule has 0 saturated heterocycles. The van der Waals surface area contributed by atoms with E-state index >= 15 is 0 Å². The first kappa shape index (κ1) is 14.3. The first-order valence-electron chi connectivity index (χ1n) is 6.71. The van der Waals surface area contributed by atoms with Gasteiger partial charge in [0.15, 0.2) is 0 Å². The SMILES string of the molecule is CCN(Cc1ccc(CC(=O)O)cc1)Cc1ccco1. The first-order chi connectivity index (χ1) is 9.67. The van der Waals surface area contributed by atoms with Crippen LogP contribution in [0.5, 0.6) is 0 Å². The number of hydrogen-bond donors (Lipinski definition) is 1. The zero-order valence-corrected chi connectivity index (χ0v) is 11.6. The summed E-state index contributed by atoms with van der Waals surface area (Å²) in [5, 5.41) is 8.74. The normalized spacial score (nSPS) is 10.9. The molecule has 1 N–H and O–H groups in total. The fraction of sp³-hybridized carbons (Fsp3) is 0.312. The van der Waals surface area contributed by atoms with Crippen molar-refractivity contribution >= 4 is 5.97 Å². The van der Waals surface area contributed by atoms with Crippen LogP contribution in [0.1, 0.15) is 23.8 Å². The van der Waals surface area contributed by atoms with Crippen molar-refractivity contribution in [3.05, 3.63) is 59.5 Å². The van der Waals surface area contributed by atoms with E-state index in [-0.39, 0.29) is 6.42 Å². The van der Waals surface area contributed by atoms with Gasteiger partial charge in [-0.3, -0.25) is 9.69 Å². The third kappa shape index (κ3) is 4.24. The van der Waals surface area contributed by atoms with Crippen molar-refractivity contribution in [2.75, 3.05) is 6.54 Å². The summed E-state index contributed by atoms with van der Waals surface area (Å²) < 4.78 is 5.36. The van der Waals surface area contributed by atoms with Gasteiger partial charge in [0, 0.05) is 6.54 Å². The van der Waals surface area contributed by atoms with Crippen LogP contribution in [0.4, 0.5) is 0 Å². The number of rotatable bonds is 7. The van der Waals surface area contributed by atoms with Crippen LogP contribution in [0.25, 0.3) is 0 Å². The summed E-state index contributed by atoms with van der Waals surface area (Å²) in [7, 11) is 0. The molecule has 106 valence electrons. The molecule has 0 spiro atoms. The van der Waals surface area contributed by atoms with Crippen LogP contribution in [-0.4, -0.2) is 22.5 Å². The Kier molecular flexibility index (Phi) is 4.96. The van der Waals surface area contributed by atoms with Crippen LogP contribution in [0.15, 0.2) is 47.1 Å². The molecule has 0 saturated carbocycles. The van der Waals surface area contributed by atoms with Gasteiger partial charge in [-0.05, 0) is 29.8 Å². The molecule has 20 heavy (non-hydrogen) atoms. The number of carboxylic acid groups (broad SMARTS) is 1. The third-order valence-corrected chi connectivity index (χ3v) is 3.19. The van der Waals surface area contributed by atoms with Crippen molar-refractivity contribution in [3.63, 3.8) is 0 Å². The molecular weight excluding hydrogens is 254 g/mol. The summed E-state index contributed by atoms with van der Waals surface area (Å²) in [6.45, 7) is 4.64. The van der Waals surface area contributed by atoms with Crippen LogP contribution in [0.2, 0.25) is 0 Å². The van der Waals surface area contributed by atoms with E-state index in [0.29, 0.717) is 0 Å². The maximum Gasteiger partial charge on any atom is 0.307 e. The molecule has 0 bridgehead atoms. The predicted octanol–water partition coefficient (Wildman–Crippen LogP) is 2.93. The van der Waals surface area contributed by atoms with Gasteiger partial charge in [-0.15, -0.1) is 0 Å². The van der Waals surface area contributed by atoms with Crippen LogP contribution in [-0.2, 0) is 24.3 Å². The van der Waals surface area contributed by atoms with Crippen molar-refractivity contribution in [3.8, 4) is 0 Å². The second-order valence-electron chi connectivity index (χ2n) is 4.77. The quantitative estimate of drug-likeness (QED) is 0.842. The first-order valence-corrected chi connectivity index (χ1v) is 6.71. The van der Waals surface area contributed by atoms with Crippen LogP contribution >= 0.6 is 0 Å². The van der Waals surface area contributed by atoms with E-state index in [1.807, 2.05) is 36.4 Å². The van der Waals surface area contributed by atoms with Gasteiger partial charge in [-0.25, -0.2) is 0 Å². The summed E-state index contributed by atoms with van der Waals surface area (Å²) >= 11 is 0. The number of furan rings is 1. The molecule has 1 aromatic carbocycles. The standard InChI is InChI=1S/C16H19NO3/c1-2-17(12-15-4-3-9-20-15)11-14-7-5-13(6-8-14)10-16(18)19/h3-9H,2,10-12H2,1H3,(H,18,19). The molecule has 0 aliphatic heterocycles. The highest BCUT2D eigenvalue weighted by Crippen LogP contribution is 2.11. The Morgan fingerprint density at radius 3 is 2.40 bits per heavy atom. The van der Waals surface area contributed by atoms with E-state index in [0.717, 1.165) is 31.0 Å². The van der Waals surface area contributed by atoms with Crippen LogP contribution in [0, 0.1) is 0 Å². The zero-order chi connectivity index (χ0) is 14.4. The Morgan fingerprint density at radius 2 is 1.85 bits per heavy atom. The molecule has 2 aromatic rings. The van der Waals surface area contributed by atoms with Crippen molar-refractivity contribution in [2.45, 2.75) is 26.4 Å². The average molecular weight is 273 g/mol. The van der Waals surface area contributed by atoms with E-state index < -0.39 is 5.97 Å². The topological polar surface area (TPSA) is 53.7 Å². The van der Waals surface area contributed by atoms with Gasteiger partial charge in [0.25, 0.3) is 0 Å². The minimum Gasteiger partial charge on any atom is -0.481 e. The molecule has 1 aromatic heterocycles. The van der Waals surface area contributed by atoms with Gasteiger partial charge in [0.1, 0.15) is 5.76 Å². The largest absolute Gasteiger partial charge is 0.481 e. The molecule has 2 rings (SSSR count). The third-order valence-electron chi connectivity index (χ3n) is 3.19. The van der Waals surface area contributed by atoms with Crippen molar-refractivity contribution < 1.29 is 14.3 Å². The second kappa shape index (κ2) is 6.91. The Balaban J connectivity index is 1.95. The van der Waals surface area contributed by atoms with Crippen molar-refractivity contribution in [1.82, 2.24) is 4.90 Å². The van der Waals surface area contributed by atoms with Gasteiger partial charge in [-0.1, -0.05) is 31.2 Å². The van der Waals surface area contributed by atoms with E-state index in [1.165, 1.54) is 5.56 Å². The monoisotopic (exact) mass is 273 g/mol. The molecule has 4 nitrogen and oxygen atoms in total. The van der Waals surface area contributed by atoms with E-state index in [9.17, 15) is 4.79 Å². The van der Waals surface area contributed by atoms with Gasteiger partial charge in [-0.2, -0.15) is 0 Å². The number of carboxylic acids is 1. The molecule has 0 radical (unpaired) electrons. The lowest BCUT2D eigenvalue weighted by Crippen LogP contribution is -2.22. The Hall–Kier alpha value is -2.07. The summed E-state index contributed by atoms with van der Waals surface area (Å²) in [5.41, 5.74) is 2.00. The zero-order valence-electron chi connectivity index (χ0n) is 11.6. The summed E-state index contributed by atoms with van der Waals surface area (Å²) in [6, 6.07) is 11.6. The highest BCUT2D eigenvalue weighted by Gasteiger charge is 2.07.